The van der Waals surface area contributed by atoms with Gasteiger partial charge in [0.05, 0.1) is 0 Å². The molecule has 5 heteroatoms. The Balaban J connectivity index is 4.28. The highest BCUT2D eigenvalue weighted by Gasteiger charge is 2.20. The number of rotatable bonds is 6. The fourth-order valence-corrected chi connectivity index (χ4v) is 1.28. The molecule has 0 aliphatic heterocycles. The first kappa shape index (κ1) is 14.5. The van der Waals surface area contributed by atoms with Crippen LogP contribution in [0.3, 0.4) is 0 Å². The highest BCUT2D eigenvalue weighted by atomic mass is 16.4. The lowest BCUT2D eigenvalue weighted by Crippen LogP contribution is -2.46. The molecule has 0 unspecified atom stereocenters. The quantitative estimate of drug-likeness (QED) is 0.676. The first-order valence-electron chi connectivity index (χ1n) is 5.27. The van der Waals surface area contributed by atoms with Crippen molar-refractivity contribution in [2.24, 2.45) is 0 Å². The predicted molar refractivity (Wildman–Crippen MR) is 62.3 cm³/mol. The Bertz CT molecular complexity index is 276. The number of hydrogen-bond donors (Lipinski definition) is 2. The third-order valence-electron chi connectivity index (χ3n) is 2.03. The summed E-state index contributed by atoms with van der Waals surface area (Å²) in [6.45, 7) is 7.80. The van der Waals surface area contributed by atoms with E-state index in [1.54, 1.807) is 7.05 Å². The number of carboxylic acids is 1. The van der Waals surface area contributed by atoms with Crippen molar-refractivity contribution in [2.45, 2.75) is 32.7 Å². The van der Waals surface area contributed by atoms with E-state index in [1.807, 2.05) is 13.8 Å². The Morgan fingerprint density at radius 2 is 2.06 bits per heavy atom. The fraction of sp³-hybridized carbons (Fsp3) is 0.636. The molecule has 2 amide bonds. The maximum atomic E-state index is 11.6. The molecule has 0 saturated carbocycles. The number of aliphatic carboxylic acids is 1. The van der Waals surface area contributed by atoms with Crippen LogP contribution < -0.4 is 5.32 Å². The molecule has 92 valence electrons. The van der Waals surface area contributed by atoms with Crippen molar-refractivity contribution in [1.82, 2.24) is 10.2 Å². The minimum atomic E-state index is -1.00. The van der Waals surface area contributed by atoms with Crippen LogP contribution in [-0.4, -0.2) is 41.6 Å². The monoisotopic (exact) mass is 228 g/mol. The molecule has 2 N–H and O–H groups in total. The van der Waals surface area contributed by atoms with Gasteiger partial charge < -0.3 is 15.3 Å². The van der Waals surface area contributed by atoms with Gasteiger partial charge in [-0.25, -0.2) is 9.59 Å². The summed E-state index contributed by atoms with van der Waals surface area (Å²) in [5.74, 6) is -1.00. The van der Waals surface area contributed by atoms with Crippen molar-refractivity contribution < 1.29 is 14.7 Å². The summed E-state index contributed by atoms with van der Waals surface area (Å²) >= 11 is 0. The second-order valence-electron chi connectivity index (χ2n) is 3.94. The molecule has 16 heavy (non-hydrogen) atoms. The van der Waals surface area contributed by atoms with E-state index in [2.05, 4.69) is 11.9 Å². The van der Waals surface area contributed by atoms with Gasteiger partial charge in [0.1, 0.15) is 6.04 Å². The van der Waals surface area contributed by atoms with Gasteiger partial charge in [-0.1, -0.05) is 25.5 Å². The number of carbonyl (C=O) groups is 2. The molecule has 0 aromatic rings. The van der Waals surface area contributed by atoms with Crippen LogP contribution in [0, 0.1) is 0 Å². The predicted octanol–water partition coefficient (Wildman–Crippen LogP) is 1.46. The van der Waals surface area contributed by atoms with E-state index in [0.29, 0.717) is 19.4 Å². The van der Waals surface area contributed by atoms with Crippen LogP contribution in [0.5, 0.6) is 0 Å². The smallest absolute Gasteiger partial charge is 0.326 e. The van der Waals surface area contributed by atoms with Crippen molar-refractivity contribution in [3.05, 3.63) is 12.2 Å². The van der Waals surface area contributed by atoms with E-state index in [-0.39, 0.29) is 6.03 Å². The SMILES string of the molecule is C=C(C)CN(C)C(=O)N[C@@H](CCC)C(=O)O. The molecule has 5 nitrogen and oxygen atoms in total. The highest BCUT2D eigenvalue weighted by Crippen LogP contribution is 1.99. The lowest BCUT2D eigenvalue weighted by atomic mass is 10.2. The van der Waals surface area contributed by atoms with Gasteiger partial charge in [-0.15, -0.1) is 0 Å². The Labute approximate surface area is 96.1 Å². The lowest BCUT2D eigenvalue weighted by Gasteiger charge is -2.21. The summed E-state index contributed by atoms with van der Waals surface area (Å²) in [6, 6.07) is -1.20. The molecule has 0 bridgehead atoms. The summed E-state index contributed by atoms with van der Waals surface area (Å²) in [4.78, 5) is 23.8. The van der Waals surface area contributed by atoms with Gasteiger partial charge in [-0.05, 0) is 13.3 Å². The molecule has 0 spiro atoms. The average molecular weight is 228 g/mol. The molecule has 0 heterocycles. The van der Waals surface area contributed by atoms with Crippen LogP contribution >= 0.6 is 0 Å². The van der Waals surface area contributed by atoms with E-state index < -0.39 is 12.0 Å². The Morgan fingerprint density at radius 1 is 1.50 bits per heavy atom. The van der Waals surface area contributed by atoms with Gasteiger partial charge >= 0.3 is 12.0 Å². The van der Waals surface area contributed by atoms with Gasteiger partial charge in [0.15, 0.2) is 0 Å². The van der Waals surface area contributed by atoms with E-state index in [0.717, 1.165) is 5.57 Å². The van der Waals surface area contributed by atoms with Crippen LogP contribution in [0.4, 0.5) is 4.79 Å². The molecule has 0 aromatic heterocycles. The molecule has 0 rings (SSSR count). The number of nitrogens with zero attached hydrogens (tertiary/aromatic N) is 1. The fourth-order valence-electron chi connectivity index (χ4n) is 1.28. The van der Waals surface area contributed by atoms with Crippen LogP contribution in [0.15, 0.2) is 12.2 Å². The third-order valence-corrected chi connectivity index (χ3v) is 2.03. The lowest BCUT2D eigenvalue weighted by molar-refractivity contribution is -0.139. The first-order chi connectivity index (χ1) is 7.38. The normalized spacial score (nSPS) is 11.7. The maximum absolute atomic E-state index is 11.6. The molecular formula is C11H20N2O3. The maximum Gasteiger partial charge on any atom is 0.326 e. The van der Waals surface area contributed by atoms with Crippen LogP contribution in [0.1, 0.15) is 26.7 Å². The Kier molecular flexibility index (Phi) is 6.22. The average Bonchev–Trinajstić information content (AvgIpc) is 2.15. The number of carboxylic acid groups (broad SMARTS) is 1. The minimum Gasteiger partial charge on any atom is -0.480 e. The standard InChI is InChI=1S/C11H20N2O3/c1-5-6-9(10(14)15)12-11(16)13(4)7-8(2)3/h9H,2,5-7H2,1,3-4H3,(H,12,16)(H,14,15)/t9-/m0/s1. The summed E-state index contributed by atoms with van der Waals surface area (Å²) in [6.07, 6.45) is 1.14. The van der Waals surface area contributed by atoms with Gasteiger partial charge in [0.25, 0.3) is 0 Å². The van der Waals surface area contributed by atoms with Crippen LogP contribution in [-0.2, 0) is 4.79 Å². The Morgan fingerprint density at radius 3 is 2.44 bits per heavy atom. The van der Waals surface area contributed by atoms with E-state index >= 15 is 0 Å². The summed E-state index contributed by atoms with van der Waals surface area (Å²) in [5.41, 5.74) is 0.847. The largest absolute Gasteiger partial charge is 0.480 e. The molecule has 1 atom stereocenters. The third kappa shape index (κ3) is 5.38. The van der Waals surface area contributed by atoms with Gasteiger partial charge in [0, 0.05) is 13.6 Å². The van der Waals surface area contributed by atoms with E-state index in [1.165, 1.54) is 4.90 Å². The molecule has 0 saturated heterocycles. The molecule has 0 aliphatic carbocycles. The summed E-state index contributed by atoms with van der Waals surface area (Å²) in [7, 11) is 1.61. The Hall–Kier alpha value is -1.52. The van der Waals surface area contributed by atoms with Crippen LogP contribution in [0.2, 0.25) is 0 Å². The topological polar surface area (TPSA) is 69.6 Å². The zero-order valence-corrected chi connectivity index (χ0v) is 10.1. The molecular weight excluding hydrogens is 208 g/mol. The second kappa shape index (κ2) is 6.87. The van der Waals surface area contributed by atoms with Crippen molar-refractivity contribution in [2.75, 3.05) is 13.6 Å². The molecule has 0 fully saturated rings. The van der Waals surface area contributed by atoms with Crippen molar-refractivity contribution in [3.63, 3.8) is 0 Å². The van der Waals surface area contributed by atoms with Gasteiger partial charge in [0.2, 0.25) is 0 Å². The van der Waals surface area contributed by atoms with Crippen molar-refractivity contribution in [1.29, 1.82) is 0 Å². The summed E-state index contributed by atoms with van der Waals surface area (Å²) < 4.78 is 0. The zero-order chi connectivity index (χ0) is 12.7. The molecule has 0 radical (unpaired) electrons. The number of likely N-dealkylation sites (N-methyl/N-ethyl adjacent to an activating group) is 1. The van der Waals surface area contributed by atoms with Gasteiger partial charge in [-0.3, -0.25) is 0 Å². The number of hydrogen-bond acceptors (Lipinski definition) is 2. The first-order valence-corrected chi connectivity index (χ1v) is 5.27. The molecule has 0 aromatic carbocycles. The second-order valence-corrected chi connectivity index (χ2v) is 3.94. The van der Waals surface area contributed by atoms with E-state index in [9.17, 15) is 9.59 Å². The minimum absolute atomic E-state index is 0.385. The molecule has 0 aliphatic rings. The zero-order valence-electron chi connectivity index (χ0n) is 10.1. The number of carbonyl (C=O) groups excluding carboxylic acids is 1. The highest BCUT2D eigenvalue weighted by molar-refractivity contribution is 5.82. The number of urea groups is 1. The van der Waals surface area contributed by atoms with Crippen molar-refractivity contribution >= 4 is 12.0 Å². The number of nitrogens with one attached hydrogen (secondary N) is 1. The summed E-state index contributed by atoms with van der Waals surface area (Å²) in [5, 5.41) is 11.3. The van der Waals surface area contributed by atoms with E-state index in [4.69, 9.17) is 5.11 Å². The number of amides is 2. The van der Waals surface area contributed by atoms with Gasteiger partial charge in [-0.2, -0.15) is 0 Å². The van der Waals surface area contributed by atoms with Crippen molar-refractivity contribution in [3.8, 4) is 0 Å². The van der Waals surface area contributed by atoms with Crippen LogP contribution in [0.25, 0.3) is 0 Å².